The van der Waals surface area contributed by atoms with Crippen LogP contribution < -0.4 is 4.90 Å². The molecule has 0 aliphatic carbocycles. The summed E-state index contributed by atoms with van der Waals surface area (Å²) in [5.74, 6) is -0.250. The van der Waals surface area contributed by atoms with Gasteiger partial charge < -0.3 is 14.7 Å². The highest BCUT2D eigenvalue weighted by Gasteiger charge is 2.38. The molecule has 5 heteroatoms. The maximum absolute atomic E-state index is 11.0. The molecule has 1 aliphatic heterocycles. The van der Waals surface area contributed by atoms with Gasteiger partial charge in [-0.3, -0.25) is 0 Å². The van der Waals surface area contributed by atoms with Gasteiger partial charge in [-0.25, -0.2) is 9.78 Å². The van der Waals surface area contributed by atoms with Crippen LogP contribution >= 0.6 is 0 Å². The minimum absolute atomic E-state index is 0.257. The number of aromatic nitrogens is 1. The second-order valence-electron chi connectivity index (χ2n) is 6.19. The number of nitrogens with zero attached hydrogens (tertiary/aromatic N) is 2. The monoisotopic (exact) mass is 264 g/mol. The van der Waals surface area contributed by atoms with Crippen LogP contribution in [0.15, 0.2) is 18.3 Å². The van der Waals surface area contributed by atoms with E-state index < -0.39 is 5.97 Å². The van der Waals surface area contributed by atoms with Gasteiger partial charge in [0.1, 0.15) is 5.82 Å². The quantitative estimate of drug-likeness (QED) is 0.887. The molecule has 0 atom stereocenters. The molecule has 104 valence electrons. The molecule has 0 bridgehead atoms. The Balaban J connectivity index is 2.30. The SMILES string of the molecule is CC1(C)CN(c2cc(C(=O)O)ccn2)CC(C)(C)O1. The first-order chi connectivity index (χ1) is 8.69. The van der Waals surface area contributed by atoms with Crippen molar-refractivity contribution in [2.75, 3.05) is 18.0 Å². The highest BCUT2D eigenvalue weighted by molar-refractivity contribution is 5.88. The Morgan fingerprint density at radius 2 is 1.89 bits per heavy atom. The largest absolute Gasteiger partial charge is 0.478 e. The first-order valence-electron chi connectivity index (χ1n) is 6.33. The zero-order chi connectivity index (χ0) is 14.3. The highest BCUT2D eigenvalue weighted by atomic mass is 16.5. The van der Waals surface area contributed by atoms with E-state index in [1.165, 1.54) is 12.3 Å². The lowest BCUT2D eigenvalue weighted by atomic mass is 9.99. The summed E-state index contributed by atoms with van der Waals surface area (Å²) in [6.45, 7) is 9.49. The smallest absolute Gasteiger partial charge is 0.335 e. The van der Waals surface area contributed by atoms with Gasteiger partial charge in [0.25, 0.3) is 0 Å². The number of ether oxygens (including phenoxy) is 1. The fourth-order valence-electron chi connectivity index (χ4n) is 2.67. The van der Waals surface area contributed by atoms with Crippen LogP contribution in [-0.2, 0) is 4.74 Å². The van der Waals surface area contributed by atoms with Gasteiger partial charge in [-0.05, 0) is 39.8 Å². The Kier molecular flexibility index (Phi) is 3.26. The van der Waals surface area contributed by atoms with Crippen molar-refractivity contribution in [3.05, 3.63) is 23.9 Å². The van der Waals surface area contributed by atoms with Gasteiger partial charge in [0.05, 0.1) is 16.8 Å². The third-order valence-electron chi connectivity index (χ3n) is 3.01. The van der Waals surface area contributed by atoms with E-state index >= 15 is 0 Å². The van der Waals surface area contributed by atoms with Gasteiger partial charge in [-0.2, -0.15) is 0 Å². The summed E-state index contributed by atoms with van der Waals surface area (Å²) in [5.41, 5.74) is -0.321. The predicted octanol–water partition coefficient (Wildman–Crippen LogP) is 2.17. The molecular weight excluding hydrogens is 244 g/mol. The number of hydrogen-bond donors (Lipinski definition) is 1. The number of morpholine rings is 1. The number of carboxylic acid groups (broad SMARTS) is 1. The molecule has 0 saturated carbocycles. The fourth-order valence-corrected chi connectivity index (χ4v) is 2.67. The van der Waals surface area contributed by atoms with E-state index in [-0.39, 0.29) is 16.8 Å². The summed E-state index contributed by atoms with van der Waals surface area (Å²) >= 11 is 0. The third-order valence-corrected chi connectivity index (χ3v) is 3.01. The van der Waals surface area contributed by atoms with Crippen molar-refractivity contribution in [2.24, 2.45) is 0 Å². The lowest BCUT2D eigenvalue weighted by Crippen LogP contribution is -2.57. The zero-order valence-electron chi connectivity index (χ0n) is 11.8. The molecule has 0 amide bonds. The van der Waals surface area contributed by atoms with Gasteiger partial charge in [0.15, 0.2) is 0 Å². The predicted molar refractivity (Wildman–Crippen MR) is 72.7 cm³/mol. The maximum atomic E-state index is 11.0. The Labute approximate surface area is 113 Å². The average Bonchev–Trinajstić information content (AvgIpc) is 2.25. The third kappa shape index (κ3) is 3.23. The molecule has 19 heavy (non-hydrogen) atoms. The van der Waals surface area contributed by atoms with E-state index in [0.717, 1.165) is 0 Å². The van der Waals surface area contributed by atoms with Crippen molar-refractivity contribution < 1.29 is 14.6 Å². The molecule has 2 heterocycles. The summed E-state index contributed by atoms with van der Waals surface area (Å²) in [6, 6.07) is 3.11. The second kappa shape index (κ2) is 4.49. The summed E-state index contributed by atoms with van der Waals surface area (Å²) in [4.78, 5) is 17.4. The number of aromatic carboxylic acids is 1. The highest BCUT2D eigenvalue weighted by Crippen LogP contribution is 2.30. The molecular formula is C14H20N2O3. The molecule has 5 nitrogen and oxygen atoms in total. The van der Waals surface area contributed by atoms with E-state index in [4.69, 9.17) is 9.84 Å². The molecule has 2 rings (SSSR count). The van der Waals surface area contributed by atoms with E-state index in [1.807, 2.05) is 27.7 Å². The van der Waals surface area contributed by atoms with Crippen LogP contribution in [0.3, 0.4) is 0 Å². The summed E-state index contributed by atoms with van der Waals surface area (Å²) in [5, 5.41) is 9.04. The van der Waals surface area contributed by atoms with Crippen molar-refractivity contribution in [3.8, 4) is 0 Å². The van der Waals surface area contributed by atoms with Gasteiger partial charge >= 0.3 is 5.97 Å². The second-order valence-corrected chi connectivity index (χ2v) is 6.19. The lowest BCUT2D eigenvalue weighted by molar-refractivity contribution is -0.133. The normalized spacial score (nSPS) is 21.2. The van der Waals surface area contributed by atoms with Crippen molar-refractivity contribution in [1.82, 2.24) is 4.98 Å². The number of anilines is 1. The molecule has 0 aromatic carbocycles. The standard InChI is InChI=1S/C14H20N2O3/c1-13(2)8-16(9-14(3,4)19-13)11-7-10(12(17)18)5-6-15-11/h5-7H,8-9H2,1-4H3,(H,17,18). The van der Waals surface area contributed by atoms with Crippen LogP contribution in [0.4, 0.5) is 5.82 Å². The molecule has 1 fully saturated rings. The number of carbonyl (C=O) groups is 1. The zero-order valence-corrected chi connectivity index (χ0v) is 11.8. The van der Waals surface area contributed by atoms with Gasteiger partial charge in [-0.1, -0.05) is 0 Å². The summed E-state index contributed by atoms with van der Waals surface area (Å²) in [7, 11) is 0. The topological polar surface area (TPSA) is 62.7 Å². The van der Waals surface area contributed by atoms with Crippen LogP contribution in [0.5, 0.6) is 0 Å². The molecule has 1 aromatic heterocycles. The number of carboxylic acids is 1. The van der Waals surface area contributed by atoms with E-state index in [2.05, 4.69) is 9.88 Å². The molecule has 0 spiro atoms. The van der Waals surface area contributed by atoms with E-state index in [0.29, 0.717) is 18.9 Å². The number of pyridine rings is 1. The van der Waals surface area contributed by atoms with E-state index in [1.54, 1.807) is 6.07 Å². The Bertz CT molecular complexity index is 481. The molecule has 0 unspecified atom stereocenters. The molecule has 0 radical (unpaired) electrons. The minimum Gasteiger partial charge on any atom is -0.478 e. The van der Waals surface area contributed by atoms with Crippen molar-refractivity contribution in [3.63, 3.8) is 0 Å². The van der Waals surface area contributed by atoms with Crippen molar-refractivity contribution >= 4 is 11.8 Å². The van der Waals surface area contributed by atoms with Gasteiger partial charge in [0.2, 0.25) is 0 Å². The van der Waals surface area contributed by atoms with Crippen LogP contribution in [0, 0.1) is 0 Å². The van der Waals surface area contributed by atoms with Crippen molar-refractivity contribution in [1.29, 1.82) is 0 Å². The minimum atomic E-state index is -0.935. The fraction of sp³-hybridized carbons (Fsp3) is 0.571. The van der Waals surface area contributed by atoms with Crippen LogP contribution in [0.2, 0.25) is 0 Å². The van der Waals surface area contributed by atoms with E-state index in [9.17, 15) is 4.79 Å². The number of hydrogen-bond acceptors (Lipinski definition) is 4. The Hall–Kier alpha value is -1.62. The van der Waals surface area contributed by atoms with Gasteiger partial charge in [0, 0.05) is 19.3 Å². The van der Waals surface area contributed by atoms with Gasteiger partial charge in [-0.15, -0.1) is 0 Å². The summed E-state index contributed by atoms with van der Waals surface area (Å²) in [6.07, 6.45) is 1.54. The number of rotatable bonds is 2. The first kappa shape index (κ1) is 13.8. The molecule has 1 aliphatic rings. The Morgan fingerprint density at radius 1 is 1.32 bits per heavy atom. The van der Waals surface area contributed by atoms with Crippen LogP contribution in [-0.4, -0.2) is 40.4 Å². The lowest BCUT2D eigenvalue weighted by Gasteiger charge is -2.47. The van der Waals surface area contributed by atoms with Crippen molar-refractivity contribution in [2.45, 2.75) is 38.9 Å². The Morgan fingerprint density at radius 3 is 2.42 bits per heavy atom. The molecule has 1 saturated heterocycles. The first-order valence-corrected chi connectivity index (χ1v) is 6.33. The average molecular weight is 264 g/mol. The van der Waals surface area contributed by atoms with Crippen LogP contribution in [0.1, 0.15) is 38.1 Å². The van der Waals surface area contributed by atoms with Crippen LogP contribution in [0.25, 0.3) is 0 Å². The molecule has 1 N–H and O–H groups in total. The maximum Gasteiger partial charge on any atom is 0.335 e. The summed E-state index contributed by atoms with van der Waals surface area (Å²) < 4.78 is 6.00. The molecule has 1 aromatic rings.